The van der Waals surface area contributed by atoms with Crippen LogP contribution in [-0.2, 0) is 24.0 Å². The number of aliphatic carboxylic acids is 2. The number of carbonyl (C=O) groups is 5. The number of hydrogen-bond acceptors (Lipinski definition) is 9. The summed E-state index contributed by atoms with van der Waals surface area (Å²) in [7, 11) is 0. The van der Waals surface area contributed by atoms with Crippen LogP contribution in [-0.4, -0.2) is 87.6 Å². The second kappa shape index (κ2) is 14.4. The number of nitrogens with one attached hydrogen (secondary N) is 3. The van der Waals surface area contributed by atoms with Crippen molar-refractivity contribution in [2.75, 3.05) is 23.5 Å². The van der Waals surface area contributed by atoms with Crippen LogP contribution in [0, 0.1) is 0 Å². The van der Waals surface area contributed by atoms with Gasteiger partial charge in [-0.25, -0.2) is 4.79 Å². The van der Waals surface area contributed by atoms with Crippen molar-refractivity contribution in [3.63, 3.8) is 0 Å². The molecule has 0 heterocycles. The summed E-state index contributed by atoms with van der Waals surface area (Å²) >= 11 is 9.11. The van der Waals surface area contributed by atoms with Gasteiger partial charge in [0.2, 0.25) is 17.7 Å². The van der Waals surface area contributed by atoms with Gasteiger partial charge < -0.3 is 31.9 Å². The molecule has 0 saturated carbocycles. The summed E-state index contributed by atoms with van der Waals surface area (Å²) < 4.78 is 0. The fourth-order valence-corrected chi connectivity index (χ4v) is 2.86. The zero-order valence-corrected chi connectivity index (χ0v) is 18.3. The van der Waals surface area contributed by atoms with Gasteiger partial charge in [-0.2, -0.15) is 37.0 Å². The third kappa shape index (κ3) is 10.6. The van der Waals surface area contributed by atoms with E-state index in [9.17, 15) is 24.0 Å². The summed E-state index contributed by atoms with van der Waals surface area (Å²) in [6.45, 7) is 0. The predicted octanol–water partition coefficient (Wildman–Crippen LogP) is -2.06. The van der Waals surface area contributed by atoms with Gasteiger partial charge in [0.05, 0.1) is 12.5 Å². The lowest BCUT2D eigenvalue weighted by Gasteiger charge is -2.24. The fraction of sp³-hybridized carbons (Fsp3) is 0.667. The lowest BCUT2D eigenvalue weighted by Crippen LogP contribution is -2.58. The minimum atomic E-state index is -1.48. The van der Waals surface area contributed by atoms with Gasteiger partial charge in [0.25, 0.3) is 0 Å². The number of rotatable bonds is 14. The molecular formula is C15H26N4O7S3. The third-order valence-corrected chi connectivity index (χ3v) is 4.99. The molecule has 0 rings (SSSR count). The van der Waals surface area contributed by atoms with Crippen molar-refractivity contribution in [2.45, 2.75) is 37.0 Å². The first kappa shape index (κ1) is 27.4. The van der Waals surface area contributed by atoms with Crippen molar-refractivity contribution in [3.8, 4) is 0 Å². The summed E-state index contributed by atoms with van der Waals surface area (Å²) in [4.78, 5) is 59.0. The molecule has 4 atom stereocenters. The zero-order chi connectivity index (χ0) is 22.6. The molecule has 0 spiro atoms. The zero-order valence-electron chi connectivity index (χ0n) is 15.7. The highest BCUT2D eigenvalue weighted by molar-refractivity contribution is 7.98. The summed E-state index contributed by atoms with van der Waals surface area (Å²) in [5.41, 5.74) is 5.51. The Labute approximate surface area is 183 Å². The molecule has 0 aliphatic heterocycles. The minimum Gasteiger partial charge on any atom is -0.481 e. The smallest absolute Gasteiger partial charge is 0.327 e. The first-order chi connectivity index (χ1) is 13.6. The molecule has 0 fully saturated rings. The number of carboxylic acid groups (broad SMARTS) is 2. The Kier molecular flexibility index (Phi) is 13.5. The Bertz CT molecular complexity index is 608. The van der Waals surface area contributed by atoms with Crippen molar-refractivity contribution in [1.29, 1.82) is 0 Å². The van der Waals surface area contributed by atoms with E-state index in [2.05, 4.69) is 41.2 Å². The molecular weight excluding hydrogens is 444 g/mol. The minimum absolute atomic E-state index is 0.0215. The molecule has 7 N–H and O–H groups in total. The first-order valence-electron chi connectivity index (χ1n) is 8.39. The third-order valence-electron chi connectivity index (χ3n) is 3.59. The number of carbonyl (C=O) groups excluding carboxylic acids is 3. The molecule has 0 saturated heterocycles. The maximum Gasteiger partial charge on any atom is 0.327 e. The van der Waals surface area contributed by atoms with E-state index in [0.717, 1.165) is 0 Å². The summed E-state index contributed by atoms with van der Waals surface area (Å²) in [6.07, 6.45) is 1.19. The standard InChI is InChI=1S/C15H26N4O7S3/c1-29-3-2-8(13(23)19-10(6-28)15(25)26)17-14(24)9(4-11(20)21)18-12(22)7(16)5-27/h7-10,27-28H,2-6,16H2,1H3,(H,17,24)(H,18,22)(H,19,23)(H,20,21)(H,25,26). The van der Waals surface area contributed by atoms with E-state index in [1.54, 1.807) is 6.26 Å². The number of carboxylic acids is 2. The van der Waals surface area contributed by atoms with E-state index >= 15 is 0 Å². The summed E-state index contributed by atoms with van der Waals surface area (Å²) in [6, 6.07) is -4.92. The summed E-state index contributed by atoms with van der Waals surface area (Å²) in [5.74, 6) is -4.82. The Morgan fingerprint density at radius 3 is 1.86 bits per heavy atom. The van der Waals surface area contributed by atoms with Gasteiger partial charge in [-0.3, -0.25) is 19.2 Å². The van der Waals surface area contributed by atoms with Crippen LogP contribution in [0.25, 0.3) is 0 Å². The van der Waals surface area contributed by atoms with E-state index in [0.29, 0.717) is 5.75 Å². The van der Waals surface area contributed by atoms with Crippen LogP contribution in [0.2, 0.25) is 0 Å². The van der Waals surface area contributed by atoms with Crippen LogP contribution >= 0.6 is 37.0 Å². The van der Waals surface area contributed by atoms with Gasteiger partial charge >= 0.3 is 11.9 Å². The van der Waals surface area contributed by atoms with Crippen LogP contribution in [0.5, 0.6) is 0 Å². The topological polar surface area (TPSA) is 188 Å². The average Bonchev–Trinajstić information content (AvgIpc) is 2.66. The maximum absolute atomic E-state index is 12.5. The molecule has 0 aromatic heterocycles. The van der Waals surface area contributed by atoms with Gasteiger partial charge in [-0.15, -0.1) is 0 Å². The molecule has 0 aliphatic rings. The fourth-order valence-electron chi connectivity index (χ4n) is 1.98. The van der Waals surface area contributed by atoms with Crippen LogP contribution in [0.3, 0.4) is 0 Å². The quantitative estimate of drug-likeness (QED) is 0.132. The summed E-state index contributed by atoms with van der Waals surface area (Å²) in [5, 5.41) is 24.9. The second-order valence-corrected chi connectivity index (χ2v) is 7.59. The Balaban J connectivity index is 5.34. The Hall–Kier alpha value is -1.64. The average molecular weight is 471 g/mol. The monoisotopic (exact) mass is 470 g/mol. The van der Waals surface area contributed by atoms with Gasteiger partial charge in [0.1, 0.15) is 18.1 Å². The van der Waals surface area contributed by atoms with Gasteiger partial charge in [0.15, 0.2) is 0 Å². The number of thiol groups is 2. The number of nitrogens with two attached hydrogens (primary N) is 1. The van der Waals surface area contributed by atoms with Crippen LogP contribution in [0.15, 0.2) is 0 Å². The highest BCUT2D eigenvalue weighted by atomic mass is 32.2. The van der Waals surface area contributed by atoms with E-state index in [1.807, 2.05) is 0 Å². The van der Waals surface area contributed by atoms with Crippen LogP contribution in [0.4, 0.5) is 0 Å². The maximum atomic E-state index is 12.5. The van der Waals surface area contributed by atoms with Gasteiger partial charge in [0, 0.05) is 11.5 Å². The largest absolute Gasteiger partial charge is 0.481 e. The molecule has 3 amide bonds. The normalized spacial score (nSPS) is 14.8. The molecule has 4 unspecified atom stereocenters. The Morgan fingerprint density at radius 2 is 1.41 bits per heavy atom. The van der Waals surface area contributed by atoms with Crippen molar-refractivity contribution in [2.24, 2.45) is 5.73 Å². The van der Waals surface area contributed by atoms with E-state index in [-0.39, 0.29) is 17.9 Å². The van der Waals surface area contributed by atoms with Crippen molar-refractivity contribution >= 4 is 66.7 Å². The highest BCUT2D eigenvalue weighted by Gasteiger charge is 2.30. The SMILES string of the molecule is CSCCC(NC(=O)C(CC(=O)O)NC(=O)C(N)CS)C(=O)NC(CS)C(=O)O. The number of hydrogen-bond donors (Lipinski definition) is 8. The number of amides is 3. The van der Waals surface area contributed by atoms with Crippen LogP contribution < -0.4 is 21.7 Å². The predicted molar refractivity (Wildman–Crippen MR) is 114 cm³/mol. The molecule has 0 bridgehead atoms. The Morgan fingerprint density at radius 1 is 0.897 bits per heavy atom. The molecule has 11 nitrogen and oxygen atoms in total. The lowest BCUT2D eigenvalue weighted by molar-refractivity contribution is -0.142. The molecule has 166 valence electrons. The van der Waals surface area contributed by atoms with Crippen LogP contribution in [0.1, 0.15) is 12.8 Å². The van der Waals surface area contributed by atoms with Crippen molar-refractivity contribution in [3.05, 3.63) is 0 Å². The lowest BCUT2D eigenvalue weighted by atomic mass is 10.1. The molecule has 14 heteroatoms. The molecule has 0 aromatic carbocycles. The van der Waals surface area contributed by atoms with Gasteiger partial charge in [-0.1, -0.05) is 0 Å². The molecule has 0 radical (unpaired) electrons. The molecule has 0 aromatic rings. The van der Waals surface area contributed by atoms with E-state index in [1.165, 1.54) is 11.8 Å². The molecule has 0 aliphatic carbocycles. The van der Waals surface area contributed by atoms with Gasteiger partial charge in [-0.05, 0) is 18.4 Å². The van der Waals surface area contributed by atoms with Crippen molar-refractivity contribution < 1.29 is 34.2 Å². The number of thioether (sulfide) groups is 1. The van der Waals surface area contributed by atoms with E-state index in [4.69, 9.17) is 15.9 Å². The second-order valence-electron chi connectivity index (χ2n) is 5.87. The van der Waals surface area contributed by atoms with Crippen molar-refractivity contribution in [1.82, 2.24) is 16.0 Å². The van der Waals surface area contributed by atoms with E-state index < -0.39 is 60.2 Å². The highest BCUT2D eigenvalue weighted by Crippen LogP contribution is 2.04. The molecule has 29 heavy (non-hydrogen) atoms. The first-order valence-corrected chi connectivity index (χ1v) is 11.0.